The van der Waals surface area contributed by atoms with Gasteiger partial charge in [-0.05, 0) is 44.9 Å². The van der Waals surface area contributed by atoms with E-state index in [-0.39, 0.29) is 12.8 Å². The van der Waals surface area contributed by atoms with Gasteiger partial charge in [0.2, 0.25) is 0 Å². The van der Waals surface area contributed by atoms with E-state index in [4.69, 9.17) is 18.5 Å². The van der Waals surface area contributed by atoms with Crippen molar-refractivity contribution in [2.75, 3.05) is 13.2 Å². The van der Waals surface area contributed by atoms with E-state index in [9.17, 15) is 44.6 Å². The van der Waals surface area contributed by atoms with Gasteiger partial charge < -0.3 is 39.9 Å². The summed E-state index contributed by atoms with van der Waals surface area (Å²) in [7, 11) is -5.12. The Kier molecular flexibility index (Phi) is 43.5. The summed E-state index contributed by atoms with van der Waals surface area (Å²) >= 11 is 0. The van der Waals surface area contributed by atoms with Crippen LogP contribution in [0.2, 0.25) is 0 Å². The fourth-order valence-electron chi connectivity index (χ4n) is 8.97. The first-order valence-electron chi connectivity index (χ1n) is 28.6. The Morgan fingerprint density at radius 3 is 1.19 bits per heavy atom. The lowest BCUT2D eigenvalue weighted by Gasteiger charge is -2.41. The maximum absolute atomic E-state index is 12.9. The van der Waals surface area contributed by atoms with Crippen molar-refractivity contribution in [2.24, 2.45) is 0 Å². The highest BCUT2D eigenvalue weighted by Crippen LogP contribution is 2.47. The Morgan fingerprint density at radius 1 is 0.443 bits per heavy atom. The summed E-state index contributed by atoms with van der Waals surface area (Å²) in [5.41, 5.74) is 0. The smallest absolute Gasteiger partial charge is 0.462 e. The molecule has 6 N–H and O–H groups in total. The fraction of sp³-hybridized carbons (Fsp3) is 0.893. The molecule has 0 aromatic carbocycles. The van der Waals surface area contributed by atoms with Gasteiger partial charge in [0.1, 0.15) is 43.2 Å². The topological polar surface area (TPSA) is 210 Å². The molecule has 1 rings (SSSR count). The second-order valence-electron chi connectivity index (χ2n) is 20.2. The average molecular weight is 1020 g/mol. The summed E-state index contributed by atoms with van der Waals surface area (Å²) in [6, 6.07) is 0. The monoisotopic (exact) mass is 1020 g/mol. The van der Waals surface area contributed by atoms with E-state index in [2.05, 4.69) is 38.2 Å². The number of hydrogen-bond acceptors (Lipinski definition) is 12. The van der Waals surface area contributed by atoms with Crippen molar-refractivity contribution >= 4 is 19.8 Å². The van der Waals surface area contributed by atoms with Crippen LogP contribution in [0.1, 0.15) is 264 Å². The zero-order valence-corrected chi connectivity index (χ0v) is 45.2. The molecule has 0 spiro atoms. The number of ether oxygens (including phenoxy) is 2. The van der Waals surface area contributed by atoms with Gasteiger partial charge in [0.25, 0.3) is 0 Å². The molecule has 0 bridgehead atoms. The van der Waals surface area contributed by atoms with E-state index >= 15 is 0 Å². The Bertz CT molecular complexity index is 1310. The van der Waals surface area contributed by atoms with Gasteiger partial charge in [0.05, 0.1) is 6.61 Å². The molecule has 1 saturated carbocycles. The van der Waals surface area contributed by atoms with Crippen molar-refractivity contribution in [1.29, 1.82) is 0 Å². The summed E-state index contributed by atoms with van der Waals surface area (Å²) in [5.74, 6) is -1.09. The number of hydrogen-bond donors (Lipinski definition) is 6. The van der Waals surface area contributed by atoms with Crippen molar-refractivity contribution < 1.29 is 63.1 Å². The van der Waals surface area contributed by atoms with Crippen molar-refractivity contribution in [2.45, 2.75) is 307 Å². The van der Waals surface area contributed by atoms with Crippen LogP contribution in [0, 0.1) is 0 Å². The number of allylic oxidation sites excluding steroid dienone is 4. The third kappa shape index (κ3) is 37.1. The van der Waals surface area contributed by atoms with Gasteiger partial charge in [-0.3, -0.25) is 18.6 Å². The lowest BCUT2D eigenvalue weighted by atomic mass is 9.85. The molecule has 0 radical (unpaired) electrons. The fourth-order valence-corrected chi connectivity index (χ4v) is 9.94. The molecule has 412 valence electrons. The van der Waals surface area contributed by atoms with Crippen LogP contribution in [0.4, 0.5) is 0 Å². The van der Waals surface area contributed by atoms with Crippen LogP contribution in [0.3, 0.4) is 0 Å². The quantitative estimate of drug-likeness (QED) is 0.0145. The molecule has 14 heteroatoms. The zero-order valence-electron chi connectivity index (χ0n) is 44.3. The summed E-state index contributed by atoms with van der Waals surface area (Å²) in [5, 5.41) is 50.4. The van der Waals surface area contributed by atoms with Crippen LogP contribution in [0.25, 0.3) is 0 Å². The van der Waals surface area contributed by atoms with E-state index in [1.54, 1.807) is 0 Å². The van der Waals surface area contributed by atoms with Gasteiger partial charge in [-0.15, -0.1) is 0 Å². The van der Waals surface area contributed by atoms with Crippen LogP contribution in [0.15, 0.2) is 24.3 Å². The molecular weight excluding hydrogens is 912 g/mol. The Balaban J connectivity index is 2.33. The second kappa shape index (κ2) is 45.9. The molecule has 6 unspecified atom stereocenters. The number of esters is 2. The molecule has 1 aliphatic rings. The zero-order chi connectivity index (χ0) is 51.3. The van der Waals surface area contributed by atoms with E-state index in [1.165, 1.54) is 167 Å². The largest absolute Gasteiger partial charge is 0.472 e. The van der Waals surface area contributed by atoms with E-state index in [0.717, 1.165) is 57.8 Å². The molecule has 0 aliphatic heterocycles. The second-order valence-corrected chi connectivity index (χ2v) is 21.6. The number of aliphatic hydroxyl groups is 5. The van der Waals surface area contributed by atoms with E-state index in [0.29, 0.717) is 12.8 Å². The van der Waals surface area contributed by atoms with E-state index < -0.39 is 75.7 Å². The van der Waals surface area contributed by atoms with Gasteiger partial charge in [0.15, 0.2) is 6.10 Å². The number of carbonyl (C=O) groups is 2. The van der Waals surface area contributed by atoms with Crippen LogP contribution >= 0.6 is 7.82 Å². The minimum absolute atomic E-state index is 0.0952. The standard InChI is InChI=1S/C56H105O13P/c1-3-5-7-9-11-13-15-17-19-21-23-24-25-27-28-30-32-34-36-38-40-42-44-49(57)66-46-48(47-67-70(64,65)69-56-54(62)52(60)51(59)53(61)55(56)63)68-50(58)45-43-41-39-37-35-33-31-29-26-22-20-18-16-14-12-10-8-6-4-2/h12,14,18,20,48,51-56,59-63H,3-11,13,15-17,19,21-47H2,1-2H3,(H,64,65)/b14-12-,20-18-. The predicted molar refractivity (Wildman–Crippen MR) is 281 cm³/mol. The molecule has 13 nitrogen and oxygen atoms in total. The van der Waals surface area contributed by atoms with Crippen molar-refractivity contribution in [1.82, 2.24) is 0 Å². The average Bonchev–Trinajstić information content (AvgIpc) is 3.34. The lowest BCUT2D eigenvalue weighted by molar-refractivity contribution is -0.220. The molecule has 6 atom stereocenters. The first-order valence-corrected chi connectivity index (χ1v) is 30.1. The third-order valence-corrected chi connectivity index (χ3v) is 14.5. The molecule has 0 heterocycles. The molecule has 70 heavy (non-hydrogen) atoms. The molecule has 1 aliphatic carbocycles. The molecule has 1 fully saturated rings. The minimum atomic E-state index is -5.12. The minimum Gasteiger partial charge on any atom is -0.462 e. The Labute approximate surface area is 426 Å². The summed E-state index contributed by atoms with van der Waals surface area (Å²) in [4.78, 5) is 36.0. The molecule has 0 aromatic rings. The van der Waals surface area contributed by atoms with Crippen molar-refractivity contribution in [3.63, 3.8) is 0 Å². The Hall–Kier alpha value is -1.67. The molecule has 0 amide bonds. The highest BCUT2D eigenvalue weighted by molar-refractivity contribution is 7.47. The number of phosphoric ester groups is 1. The normalized spacial score (nSPS) is 20.9. The number of phosphoric acid groups is 1. The number of carbonyl (C=O) groups excluding carboxylic acids is 2. The van der Waals surface area contributed by atoms with Crippen LogP contribution in [0.5, 0.6) is 0 Å². The number of unbranched alkanes of at least 4 members (excludes halogenated alkanes) is 33. The summed E-state index contributed by atoms with van der Waals surface area (Å²) in [6.07, 6.45) is 40.8. The highest BCUT2D eigenvalue weighted by atomic mass is 31.2. The maximum Gasteiger partial charge on any atom is 0.472 e. The first-order chi connectivity index (χ1) is 33.9. The summed E-state index contributed by atoms with van der Waals surface area (Å²) < 4.78 is 33.7. The SMILES string of the molecule is CCCCC/C=C\C/C=C\CCCCCCCCCCCC(=O)OC(COC(=O)CCCCCCCCCCCCCCCCCCCCCCCC)COP(=O)(O)OC1C(O)C(O)C(O)C(O)C1O. The van der Waals surface area contributed by atoms with Crippen LogP contribution in [-0.2, 0) is 32.7 Å². The predicted octanol–water partition coefficient (Wildman–Crippen LogP) is 13.1. The Morgan fingerprint density at radius 2 is 0.771 bits per heavy atom. The number of aliphatic hydroxyl groups excluding tert-OH is 5. The van der Waals surface area contributed by atoms with Gasteiger partial charge >= 0.3 is 19.8 Å². The lowest BCUT2D eigenvalue weighted by Crippen LogP contribution is -2.64. The van der Waals surface area contributed by atoms with Gasteiger partial charge in [-0.1, -0.05) is 231 Å². The van der Waals surface area contributed by atoms with E-state index in [1.807, 2.05) is 0 Å². The third-order valence-electron chi connectivity index (χ3n) is 13.5. The van der Waals surface area contributed by atoms with Crippen molar-refractivity contribution in [3.8, 4) is 0 Å². The molecule has 0 aromatic heterocycles. The van der Waals surface area contributed by atoms with Crippen LogP contribution in [-0.4, -0.2) is 98.3 Å². The number of rotatable bonds is 49. The molecular formula is C56H105O13P. The van der Waals surface area contributed by atoms with Gasteiger partial charge in [-0.2, -0.15) is 0 Å². The maximum atomic E-state index is 12.9. The van der Waals surface area contributed by atoms with Gasteiger partial charge in [-0.25, -0.2) is 4.57 Å². The van der Waals surface area contributed by atoms with Crippen LogP contribution < -0.4 is 0 Å². The first kappa shape index (κ1) is 66.3. The summed E-state index contributed by atoms with van der Waals surface area (Å²) in [6.45, 7) is 3.33. The molecule has 0 saturated heterocycles. The van der Waals surface area contributed by atoms with Crippen molar-refractivity contribution in [3.05, 3.63) is 24.3 Å². The van der Waals surface area contributed by atoms with Gasteiger partial charge in [0, 0.05) is 12.8 Å². The highest BCUT2D eigenvalue weighted by Gasteiger charge is 2.51.